The van der Waals surface area contributed by atoms with Gasteiger partial charge in [0, 0.05) is 5.39 Å². The Balaban J connectivity index is 2.98. The Morgan fingerprint density at radius 1 is 1.47 bits per heavy atom. The number of fused-ring (bicyclic) bond motifs is 1. The van der Waals surface area contributed by atoms with E-state index in [2.05, 4.69) is 4.98 Å². The minimum Gasteiger partial charge on any atom is -0.506 e. The van der Waals surface area contributed by atoms with Crippen LogP contribution in [0.2, 0.25) is 0 Å². The minimum atomic E-state index is -0.0487. The second-order valence-electron chi connectivity index (χ2n) is 3.38. The third kappa shape index (κ3) is 1.53. The summed E-state index contributed by atoms with van der Waals surface area (Å²) in [5.41, 5.74) is 1.89. The van der Waals surface area contributed by atoms with Crippen LogP contribution in [0.1, 0.15) is 15.9 Å². The zero-order chi connectivity index (χ0) is 11.0. The minimum absolute atomic E-state index is 0.0487. The Hall–Kier alpha value is -1.68. The highest BCUT2D eigenvalue weighted by atomic mass is 32.1. The molecule has 0 aliphatic rings. The van der Waals surface area contributed by atoms with E-state index < -0.39 is 0 Å². The standard InChI is InChI=1S/C11H9NO2S/c1-6-2-3-9-7(4-6)10(14)8(5-13)11(15)12-9/h2-5H,1H3,(H2,12,14,15). The Bertz CT molecular complexity index is 601. The SMILES string of the molecule is Cc1ccc2[nH]c(=S)c(C=O)c(O)c2c1. The number of rotatable bonds is 1. The van der Waals surface area contributed by atoms with E-state index in [1.54, 1.807) is 0 Å². The molecule has 15 heavy (non-hydrogen) atoms. The molecule has 0 atom stereocenters. The fraction of sp³-hybridized carbons (Fsp3) is 0.0909. The quantitative estimate of drug-likeness (QED) is 0.572. The summed E-state index contributed by atoms with van der Waals surface area (Å²) in [5.74, 6) is -0.0487. The normalized spacial score (nSPS) is 10.5. The molecule has 2 aromatic rings. The maximum Gasteiger partial charge on any atom is 0.156 e. The highest BCUT2D eigenvalue weighted by molar-refractivity contribution is 7.71. The summed E-state index contributed by atoms with van der Waals surface area (Å²) in [6.45, 7) is 1.92. The maximum absolute atomic E-state index is 10.7. The van der Waals surface area contributed by atoms with Gasteiger partial charge in [0.05, 0.1) is 11.1 Å². The second kappa shape index (κ2) is 3.47. The van der Waals surface area contributed by atoms with E-state index in [0.29, 0.717) is 11.7 Å². The number of hydrogen-bond donors (Lipinski definition) is 2. The molecule has 1 aromatic carbocycles. The molecule has 0 radical (unpaired) electrons. The van der Waals surface area contributed by atoms with Crippen LogP contribution in [0.25, 0.3) is 10.9 Å². The molecule has 1 heterocycles. The molecule has 0 unspecified atom stereocenters. The van der Waals surface area contributed by atoms with Gasteiger partial charge in [-0.2, -0.15) is 0 Å². The lowest BCUT2D eigenvalue weighted by molar-refractivity contribution is 0.112. The van der Waals surface area contributed by atoms with E-state index in [9.17, 15) is 9.90 Å². The van der Waals surface area contributed by atoms with Crippen molar-refractivity contribution in [1.82, 2.24) is 4.98 Å². The number of aromatic nitrogens is 1. The lowest BCUT2D eigenvalue weighted by Gasteiger charge is -2.04. The van der Waals surface area contributed by atoms with Gasteiger partial charge in [-0.05, 0) is 19.1 Å². The van der Waals surface area contributed by atoms with Crippen molar-refractivity contribution in [3.63, 3.8) is 0 Å². The predicted octanol–water partition coefficient (Wildman–Crippen LogP) is 2.72. The zero-order valence-corrected chi connectivity index (χ0v) is 8.89. The van der Waals surface area contributed by atoms with E-state index >= 15 is 0 Å². The average molecular weight is 219 g/mol. The Labute approximate surface area is 91.4 Å². The van der Waals surface area contributed by atoms with Crippen LogP contribution >= 0.6 is 12.2 Å². The van der Waals surface area contributed by atoms with Crippen molar-refractivity contribution < 1.29 is 9.90 Å². The molecule has 4 heteroatoms. The number of aromatic hydroxyl groups is 1. The highest BCUT2D eigenvalue weighted by Gasteiger charge is 2.08. The molecule has 0 fully saturated rings. The number of carbonyl (C=O) groups excluding carboxylic acids is 1. The van der Waals surface area contributed by atoms with Crippen molar-refractivity contribution >= 4 is 29.4 Å². The number of H-pyrrole nitrogens is 1. The second-order valence-corrected chi connectivity index (χ2v) is 3.79. The van der Waals surface area contributed by atoms with Gasteiger partial charge >= 0.3 is 0 Å². The van der Waals surface area contributed by atoms with Crippen LogP contribution in [0.4, 0.5) is 0 Å². The molecule has 0 amide bonds. The molecule has 0 spiro atoms. The monoisotopic (exact) mass is 219 g/mol. The van der Waals surface area contributed by atoms with Crippen LogP contribution in [-0.2, 0) is 0 Å². The first-order valence-electron chi connectivity index (χ1n) is 4.44. The summed E-state index contributed by atoms with van der Waals surface area (Å²) in [7, 11) is 0. The fourth-order valence-electron chi connectivity index (χ4n) is 1.51. The third-order valence-electron chi connectivity index (χ3n) is 2.30. The lowest BCUT2D eigenvalue weighted by Crippen LogP contribution is -1.90. The zero-order valence-electron chi connectivity index (χ0n) is 8.07. The summed E-state index contributed by atoms with van der Waals surface area (Å²) < 4.78 is 0.263. The van der Waals surface area contributed by atoms with E-state index in [-0.39, 0.29) is 16.0 Å². The molecular formula is C11H9NO2S. The molecule has 0 bridgehead atoms. The van der Waals surface area contributed by atoms with Crippen molar-refractivity contribution in [2.24, 2.45) is 0 Å². The van der Waals surface area contributed by atoms with E-state index in [0.717, 1.165) is 11.1 Å². The summed E-state index contributed by atoms with van der Waals surface area (Å²) in [4.78, 5) is 13.6. The predicted molar refractivity (Wildman–Crippen MR) is 60.9 cm³/mol. The van der Waals surface area contributed by atoms with Crippen molar-refractivity contribution in [3.05, 3.63) is 34.0 Å². The Morgan fingerprint density at radius 2 is 2.20 bits per heavy atom. The summed E-state index contributed by atoms with van der Waals surface area (Å²) in [6.07, 6.45) is 0.565. The highest BCUT2D eigenvalue weighted by Crippen LogP contribution is 2.27. The number of pyridine rings is 1. The van der Waals surface area contributed by atoms with Crippen molar-refractivity contribution in [2.75, 3.05) is 0 Å². The summed E-state index contributed by atoms with van der Waals surface area (Å²) in [5, 5.41) is 10.5. The number of benzene rings is 1. The van der Waals surface area contributed by atoms with Crippen molar-refractivity contribution in [3.8, 4) is 5.75 Å². The molecule has 0 saturated carbocycles. The van der Waals surface area contributed by atoms with Gasteiger partial charge in [0.25, 0.3) is 0 Å². The number of hydrogen-bond acceptors (Lipinski definition) is 3. The van der Waals surface area contributed by atoms with Gasteiger partial charge in [0.1, 0.15) is 10.4 Å². The average Bonchev–Trinajstić information content (AvgIpc) is 2.20. The number of carbonyl (C=O) groups is 1. The van der Waals surface area contributed by atoms with E-state index in [4.69, 9.17) is 12.2 Å². The van der Waals surface area contributed by atoms with Crippen LogP contribution in [0.5, 0.6) is 5.75 Å². The molecule has 0 aliphatic carbocycles. The van der Waals surface area contributed by atoms with Gasteiger partial charge in [-0.25, -0.2) is 0 Å². The summed E-state index contributed by atoms with van der Waals surface area (Å²) >= 11 is 4.95. The molecule has 0 saturated heterocycles. The number of aromatic amines is 1. The van der Waals surface area contributed by atoms with E-state index in [1.807, 2.05) is 25.1 Å². The molecule has 76 valence electrons. The molecule has 3 nitrogen and oxygen atoms in total. The Morgan fingerprint density at radius 3 is 2.87 bits per heavy atom. The first kappa shape index (κ1) is 9.86. The molecular weight excluding hydrogens is 210 g/mol. The van der Waals surface area contributed by atoms with Crippen molar-refractivity contribution in [1.29, 1.82) is 0 Å². The van der Waals surface area contributed by atoms with Crippen LogP contribution in [0, 0.1) is 11.6 Å². The topological polar surface area (TPSA) is 53.1 Å². The van der Waals surface area contributed by atoms with E-state index in [1.165, 1.54) is 0 Å². The number of aldehydes is 1. The van der Waals surface area contributed by atoms with Crippen molar-refractivity contribution in [2.45, 2.75) is 6.92 Å². The first-order chi connectivity index (χ1) is 7.13. The lowest BCUT2D eigenvalue weighted by atomic mass is 10.1. The van der Waals surface area contributed by atoms with Crippen LogP contribution < -0.4 is 0 Å². The molecule has 2 rings (SSSR count). The maximum atomic E-state index is 10.7. The van der Waals surface area contributed by atoms with Gasteiger partial charge in [-0.1, -0.05) is 23.8 Å². The smallest absolute Gasteiger partial charge is 0.156 e. The summed E-state index contributed by atoms with van der Waals surface area (Å²) in [6, 6.07) is 5.55. The van der Waals surface area contributed by atoms with Crippen LogP contribution in [-0.4, -0.2) is 16.4 Å². The first-order valence-corrected chi connectivity index (χ1v) is 4.85. The fourth-order valence-corrected chi connectivity index (χ4v) is 1.77. The molecule has 0 aliphatic heterocycles. The van der Waals surface area contributed by atoms with Gasteiger partial charge < -0.3 is 10.1 Å². The largest absolute Gasteiger partial charge is 0.506 e. The third-order valence-corrected chi connectivity index (χ3v) is 2.62. The number of aryl methyl sites for hydroxylation is 1. The molecule has 2 N–H and O–H groups in total. The van der Waals surface area contributed by atoms with Crippen LogP contribution in [0.3, 0.4) is 0 Å². The Kier molecular flexibility index (Phi) is 2.28. The van der Waals surface area contributed by atoms with Gasteiger partial charge in [-0.15, -0.1) is 0 Å². The van der Waals surface area contributed by atoms with Gasteiger partial charge in [0.15, 0.2) is 6.29 Å². The van der Waals surface area contributed by atoms with Crippen LogP contribution in [0.15, 0.2) is 18.2 Å². The van der Waals surface area contributed by atoms with Gasteiger partial charge in [0.2, 0.25) is 0 Å². The van der Waals surface area contributed by atoms with Gasteiger partial charge in [-0.3, -0.25) is 4.79 Å². The number of nitrogens with one attached hydrogen (secondary N) is 1. The molecule has 1 aromatic heterocycles.